The van der Waals surface area contributed by atoms with E-state index in [1.807, 2.05) is 24.3 Å². The minimum atomic E-state index is 0. The average molecular weight is 274 g/mol. The zero-order chi connectivity index (χ0) is 9.14. The molecule has 0 spiro atoms. The van der Waals surface area contributed by atoms with E-state index in [2.05, 4.69) is 0 Å². The van der Waals surface area contributed by atoms with E-state index in [0.29, 0.717) is 8.39 Å². The van der Waals surface area contributed by atoms with Crippen molar-refractivity contribution in [1.82, 2.24) is 0 Å². The summed E-state index contributed by atoms with van der Waals surface area (Å²) in [6.45, 7) is 0. The molecule has 1 aromatic carbocycles. The van der Waals surface area contributed by atoms with Gasteiger partial charge in [-0.05, 0) is 11.1 Å². The summed E-state index contributed by atoms with van der Waals surface area (Å²) in [5.41, 5.74) is 1.74. The third kappa shape index (κ3) is 5.80. The number of benzene rings is 1. The zero-order valence-corrected chi connectivity index (χ0v) is 15.2. The van der Waals surface area contributed by atoms with E-state index in [4.69, 9.17) is 49.7 Å². The first-order valence-corrected chi connectivity index (χ1v) is 4.77. The Kier molecular flexibility index (Phi) is 11.6. The van der Waals surface area contributed by atoms with Gasteiger partial charge in [0.1, 0.15) is 0 Å². The monoisotopic (exact) mass is 274 g/mol. The van der Waals surface area contributed by atoms with Gasteiger partial charge in [-0.25, -0.2) is 0 Å². The van der Waals surface area contributed by atoms with Crippen LogP contribution in [0.1, 0.15) is 11.1 Å². The molecule has 0 atom stereocenters. The predicted molar refractivity (Wildman–Crippen MR) is 64.6 cm³/mol. The van der Waals surface area contributed by atoms with Crippen molar-refractivity contribution in [1.29, 1.82) is 0 Å². The zero-order valence-electron chi connectivity index (χ0n) is 7.94. The fourth-order valence-electron chi connectivity index (χ4n) is 0.742. The molecule has 0 unspecified atom stereocenters. The quantitative estimate of drug-likeness (QED) is 0.307. The van der Waals surface area contributed by atoms with Crippen LogP contribution in [0.2, 0.25) is 0 Å². The van der Waals surface area contributed by atoms with Gasteiger partial charge in [0, 0.05) is 0 Å². The molecule has 62 valence electrons. The Labute approximate surface area is 150 Å². The fraction of sp³-hybridized carbons (Fsp3) is 0. The Morgan fingerprint density at radius 3 is 1.14 bits per heavy atom. The molecule has 1 rings (SSSR count). The van der Waals surface area contributed by atoms with Gasteiger partial charge in [-0.1, -0.05) is 24.3 Å². The van der Waals surface area contributed by atoms with E-state index in [9.17, 15) is 0 Å². The van der Waals surface area contributed by atoms with Gasteiger partial charge in [0.15, 0.2) is 0 Å². The van der Waals surface area contributed by atoms with Gasteiger partial charge in [-0.3, -0.25) is 0 Å². The van der Waals surface area contributed by atoms with Gasteiger partial charge in [0.05, 0.1) is 0 Å². The van der Waals surface area contributed by atoms with Crippen LogP contribution in [-0.2, 0) is 25.3 Å². The van der Waals surface area contributed by atoms with E-state index in [0.717, 1.165) is 11.1 Å². The molecule has 14 heavy (non-hydrogen) atoms. The molecule has 0 aromatic heterocycles. The van der Waals surface area contributed by atoms with Crippen molar-refractivity contribution >= 4 is 58.1 Å². The molecule has 0 saturated heterocycles. The second-order valence-corrected chi connectivity index (χ2v) is 4.30. The summed E-state index contributed by atoms with van der Waals surface area (Å²) in [4.78, 5) is 0. The molecular formula is C8H4Na2S4. The number of hydrogen-bond donors (Lipinski definition) is 0. The molecule has 1 aromatic rings. The molecule has 0 nitrogen and oxygen atoms in total. The van der Waals surface area contributed by atoms with Gasteiger partial charge in [0.25, 0.3) is 0 Å². The molecule has 0 amide bonds. The molecule has 0 bridgehead atoms. The first kappa shape index (κ1) is 18.2. The second kappa shape index (κ2) is 8.93. The predicted octanol–water partition coefficient (Wildman–Crippen LogP) is -3.86. The summed E-state index contributed by atoms with van der Waals surface area (Å²) < 4.78 is 0.939. The molecule has 0 radical (unpaired) electrons. The standard InChI is InChI=1S/C8H6S4.2Na/c9-7(10)5-1-2-6(4-3-5)8(11)12;;/h1-4H,(H,9,10)(H,11,12);;/q;2*+1/p-2. The van der Waals surface area contributed by atoms with Crippen LogP contribution in [0.3, 0.4) is 0 Å². The molecule has 0 fully saturated rings. The van der Waals surface area contributed by atoms with Gasteiger partial charge >= 0.3 is 59.1 Å². The Morgan fingerprint density at radius 2 is 1.00 bits per heavy atom. The smallest absolute Gasteiger partial charge is 0.428 e. The van der Waals surface area contributed by atoms with E-state index in [1.54, 1.807) is 0 Å². The van der Waals surface area contributed by atoms with Crippen molar-refractivity contribution in [3.05, 3.63) is 35.4 Å². The molecular weight excluding hydrogens is 270 g/mol. The molecule has 0 aliphatic carbocycles. The Hall–Kier alpha value is 1.84. The van der Waals surface area contributed by atoms with Gasteiger partial charge in [-0.2, -0.15) is 0 Å². The molecule has 0 N–H and O–H groups in total. The van der Waals surface area contributed by atoms with Crippen molar-refractivity contribution in [2.45, 2.75) is 0 Å². The van der Waals surface area contributed by atoms with Crippen LogP contribution in [0, 0.1) is 0 Å². The van der Waals surface area contributed by atoms with Crippen LogP contribution >= 0.6 is 24.4 Å². The van der Waals surface area contributed by atoms with Crippen LogP contribution < -0.4 is 59.1 Å². The topological polar surface area (TPSA) is 0 Å². The summed E-state index contributed by atoms with van der Waals surface area (Å²) in [7, 11) is 0. The molecule has 0 heterocycles. The summed E-state index contributed by atoms with van der Waals surface area (Å²) in [6.07, 6.45) is 0. The third-order valence-corrected chi connectivity index (χ3v) is 2.30. The van der Waals surface area contributed by atoms with E-state index < -0.39 is 0 Å². The maximum atomic E-state index is 4.83. The summed E-state index contributed by atoms with van der Waals surface area (Å²) >= 11 is 19.3. The summed E-state index contributed by atoms with van der Waals surface area (Å²) in [5.74, 6) is 0. The Balaban J connectivity index is 0. The van der Waals surface area contributed by atoms with Crippen LogP contribution in [-0.4, -0.2) is 8.39 Å². The fourth-order valence-corrected chi connectivity index (χ4v) is 1.29. The average Bonchev–Trinajstić information content (AvgIpc) is 2.04. The van der Waals surface area contributed by atoms with Crippen LogP contribution in [0.25, 0.3) is 0 Å². The minimum Gasteiger partial charge on any atom is -0.428 e. The van der Waals surface area contributed by atoms with Crippen LogP contribution in [0.5, 0.6) is 0 Å². The maximum Gasteiger partial charge on any atom is 1.00 e. The SMILES string of the molecule is S=C([S-])c1ccc(C(=S)[S-])cc1.[Na+].[Na+]. The van der Waals surface area contributed by atoms with E-state index in [-0.39, 0.29) is 59.1 Å². The normalized spacial score (nSPS) is 8.00. The molecule has 0 aliphatic heterocycles. The van der Waals surface area contributed by atoms with Crippen molar-refractivity contribution < 1.29 is 59.1 Å². The number of hydrogen-bond acceptors (Lipinski definition) is 4. The number of thiocarbonyl (C=S) groups is 2. The minimum absolute atomic E-state index is 0. The number of rotatable bonds is 2. The molecule has 0 saturated carbocycles. The van der Waals surface area contributed by atoms with Crippen molar-refractivity contribution in [3.63, 3.8) is 0 Å². The summed E-state index contributed by atoms with van der Waals surface area (Å²) in [6, 6.07) is 7.35. The first-order chi connectivity index (χ1) is 5.61. The van der Waals surface area contributed by atoms with Crippen molar-refractivity contribution in [2.75, 3.05) is 0 Å². The van der Waals surface area contributed by atoms with Crippen molar-refractivity contribution in [2.24, 2.45) is 0 Å². The summed E-state index contributed by atoms with van der Waals surface area (Å²) in [5, 5.41) is 0. The second-order valence-electron chi connectivity index (χ2n) is 2.15. The van der Waals surface area contributed by atoms with E-state index in [1.165, 1.54) is 0 Å². The van der Waals surface area contributed by atoms with E-state index >= 15 is 0 Å². The van der Waals surface area contributed by atoms with Crippen molar-refractivity contribution in [3.8, 4) is 0 Å². The maximum absolute atomic E-state index is 4.83. The van der Waals surface area contributed by atoms with Crippen LogP contribution in [0.4, 0.5) is 0 Å². The largest absolute Gasteiger partial charge is 1.00 e. The van der Waals surface area contributed by atoms with Gasteiger partial charge in [0.2, 0.25) is 0 Å². The Morgan fingerprint density at radius 1 is 0.786 bits per heavy atom. The third-order valence-electron chi connectivity index (χ3n) is 1.36. The van der Waals surface area contributed by atoms with Gasteiger partial charge < -0.3 is 49.7 Å². The molecule has 0 aliphatic rings. The Bertz CT molecular complexity index is 288. The van der Waals surface area contributed by atoms with Gasteiger partial charge in [-0.15, -0.1) is 8.39 Å². The van der Waals surface area contributed by atoms with Crippen LogP contribution in [0.15, 0.2) is 24.3 Å². The first-order valence-electron chi connectivity index (χ1n) is 3.14. The molecule has 6 heteroatoms.